The summed E-state index contributed by atoms with van der Waals surface area (Å²) in [5, 5.41) is 11.4. The second kappa shape index (κ2) is 6.31. The van der Waals surface area contributed by atoms with Crippen LogP contribution in [0.25, 0.3) is 5.57 Å². The summed E-state index contributed by atoms with van der Waals surface area (Å²) in [6, 6.07) is 29.5. The zero-order valence-corrected chi connectivity index (χ0v) is 16.9. The molecule has 0 unspecified atom stereocenters. The van der Waals surface area contributed by atoms with Gasteiger partial charge in [0.05, 0.1) is 5.69 Å². The summed E-state index contributed by atoms with van der Waals surface area (Å²) in [4.78, 5) is 2.32. The smallest absolute Gasteiger partial charge is 0.182 e. The van der Waals surface area contributed by atoms with Crippen molar-refractivity contribution in [3.05, 3.63) is 102 Å². The Morgan fingerprint density at radius 3 is 2.10 bits per heavy atom. The van der Waals surface area contributed by atoms with Crippen molar-refractivity contribution in [2.75, 3.05) is 17.0 Å². The van der Waals surface area contributed by atoms with E-state index in [1.165, 1.54) is 22.4 Å². The lowest BCUT2D eigenvalue weighted by atomic mass is 9.78. The van der Waals surface area contributed by atoms with Gasteiger partial charge in [0.25, 0.3) is 0 Å². The van der Waals surface area contributed by atoms with E-state index in [4.69, 9.17) is 5.11 Å². The zero-order chi connectivity index (χ0) is 20.1. The minimum Gasteiger partial charge on any atom is -0.344 e. The van der Waals surface area contributed by atoms with Crippen molar-refractivity contribution in [2.24, 2.45) is 10.3 Å². The maximum absolute atomic E-state index is 4.72. The normalized spacial score (nSPS) is 22.0. The van der Waals surface area contributed by atoms with Gasteiger partial charge in [0, 0.05) is 18.3 Å². The minimum absolute atomic E-state index is 0.453. The molecule has 2 heterocycles. The third kappa shape index (κ3) is 2.45. The van der Waals surface area contributed by atoms with E-state index in [2.05, 4.69) is 109 Å². The lowest BCUT2D eigenvalue weighted by molar-refractivity contribution is 0.341. The molecule has 5 rings (SSSR count). The maximum Gasteiger partial charge on any atom is 0.182 e. The van der Waals surface area contributed by atoms with Gasteiger partial charge >= 0.3 is 0 Å². The number of nitrogens with zero attached hydrogens (tertiary/aromatic N) is 4. The first-order valence-electron chi connectivity index (χ1n) is 9.94. The van der Waals surface area contributed by atoms with Gasteiger partial charge in [-0.25, -0.2) is 5.01 Å². The predicted octanol–water partition coefficient (Wildman–Crippen LogP) is 5.93. The van der Waals surface area contributed by atoms with E-state index >= 15 is 0 Å². The molecule has 0 N–H and O–H groups in total. The number of anilines is 2. The van der Waals surface area contributed by atoms with Crippen molar-refractivity contribution in [1.82, 2.24) is 0 Å². The summed E-state index contributed by atoms with van der Waals surface area (Å²) in [6.07, 6.45) is 2.34. The number of hydrogen-bond donors (Lipinski definition) is 0. The molecule has 4 heteroatoms. The Hall–Kier alpha value is -3.40. The third-order valence-electron chi connectivity index (χ3n) is 6.11. The summed E-state index contributed by atoms with van der Waals surface area (Å²) < 4.78 is 0. The highest BCUT2D eigenvalue weighted by Gasteiger charge is 2.58. The van der Waals surface area contributed by atoms with E-state index in [1.54, 1.807) is 0 Å². The largest absolute Gasteiger partial charge is 0.344 e. The van der Waals surface area contributed by atoms with E-state index in [0.29, 0.717) is 0 Å². The van der Waals surface area contributed by atoms with Crippen LogP contribution < -0.4 is 9.91 Å². The summed E-state index contributed by atoms with van der Waals surface area (Å²) in [5.74, 6) is 0. The van der Waals surface area contributed by atoms with Gasteiger partial charge in [-0.05, 0) is 49.3 Å². The van der Waals surface area contributed by atoms with Crippen molar-refractivity contribution in [1.29, 1.82) is 0 Å². The first-order chi connectivity index (χ1) is 14.0. The molecule has 0 amide bonds. The van der Waals surface area contributed by atoms with Crippen LogP contribution >= 0.6 is 0 Å². The molecule has 0 radical (unpaired) electrons. The summed E-state index contributed by atoms with van der Waals surface area (Å²) >= 11 is 0. The van der Waals surface area contributed by atoms with Crippen molar-refractivity contribution in [3.63, 3.8) is 0 Å². The van der Waals surface area contributed by atoms with E-state index in [0.717, 1.165) is 5.69 Å². The molecule has 2 aliphatic heterocycles. The Labute approximate surface area is 171 Å². The average molecular weight is 380 g/mol. The second-order valence-electron chi connectivity index (χ2n) is 8.12. The van der Waals surface area contributed by atoms with Gasteiger partial charge in [-0.15, -0.1) is 0 Å². The van der Waals surface area contributed by atoms with E-state index < -0.39 is 11.2 Å². The minimum atomic E-state index is -0.562. The molecule has 29 heavy (non-hydrogen) atoms. The Morgan fingerprint density at radius 1 is 0.759 bits per heavy atom. The van der Waals surface area contributed by atoms with Gasteiger partial charge < -0.3 is 4.90 Å². The molecule has 1 spiro atoms. The van der Waals surface area contributed by atoms with Crippen LogP contribution in [-0.4, -0.2) is 18.2 Å². The van der Waals surface area contributed by atoms with Crippen molar-refractivity contribution < 1.29 is 0 Å². The van der Waals surface area contributed by atoms with Gasteiger partial charge in [0.1, 0.15) is 5.54 Å². The molecule has 0 aliphatic carbocycles. The lowest BCUT2D eigenvalue weighted by Gasteiger charge is -2.51. The van der Waals surface area contributed by atoms with Crippen molar-refractivity contribution >= 4 is 16.9 Å². The molecule has 0 saturated carbocycles. The summed E-state index contributed by atoms with van der Waals surface area (Å²) in [6.45, 7) is 4.31. The maximum atomic E-state index is 4.72. The van der Waals surface area contributed by atoms with Crippen LogP contribution in [0.4, 0.5) is 11.4 Å². The number of fused-ring (bicyclic) bond motifs is 1. The number of benzene rings is 3. The van der Waals surface area contributed by atoms with Gasteiger partial charge in [-0.2, -0.15) is 5.11 Å². The molecule has 0 aromatic heterocycles. The molecule has 4 nitrogen and oxygen atoms in total. The Balaban J connectivity index is 1.81. The second-order valence-corrected chi connectivity index (χ2v) is 8.12. The van der Waals surface area contributed by atoms with Gasteiger partial charge in [0.2, 0.25) is 0 Å². The van der Waals surface area contributed by atoms with Crippen LogP contribution in [-0.2, 0) is 0 Å². The van der Waals surface area contributed by atoms with Gasteiger partial charge in [-0.3, -0.25) is 0 Å². The van der Waals surface area contributed by atoms with Crippen molar-refractivity contribution in [2.45, 2.75) is 25.0 Å². The van der Waals surface area contributed by atoms with Crippen molar-refractivity contribution in [3.8, 4) is 0 Å². The zero-order valence-electron chi connectivity index (χ0n) is 16.9. The standard InChI is InChI=1S/C25H24N4/c1-24(2)25(29(27-26-24)20-14-8-5-9-15-20)18-22(19-12-6-4-7-13-19)21-16-10-11-17-23(21)28(25)3/h4-18H,1-3H3/t25-/m1/s1. The van der Waals surface area contributed by atoms with E-state index in [1.807, 2.05) is 18.2 Å². The lowest BCUT2D eigenvalue weighted by Crippen LogP contribution is -2.66. The monoisotopic (exact) mass is 380 g/mol. The average Bonchev–Trinajstić information content (AvgIpc) is 3.03. The quantitative estimate of drug-likeness (QED) is 0.552. The summed E-state index contributed by atoms with van der Waals surface area (Å²) in [7, 11) is 2.14. The molecule has 1 atom stereocenters. The fourth-order valence-corrected chi connectivity index (χ4v) is 4.58. The van der Waals surface area contributed by atoms with Crippen LogP contribution in [0.5, 0.6) is 0 Å². The highest BCUT2D eigenvalue weighted by Crippen LogP contribution is 2.51. The highest BCUT2D eigenvalue weighted by molar-refractivity contribution is 5.91. The molecule has 0 bridgehead atoms. The predicted molar refractivity (Wildman–Crippen MR) is 119 cm³/mol. The van der Waals surface area contributed by atoms with Crippen LogP contribution in [0.3, 0.4) is 0 Å². The van der Waals surface area contributed by atoms with Crippen LogP contribution in [0, 0.1) is 0 Å². The Kier molecular flexibility index (Phi) is 3.85. The molecule has 3 aromatic rings. The molecule has 144 valence electrons. The van der Waals surface area contributed by atoms with E-state index in [-0.39, 0.29) is 0 Å². The molecule has 0 saturated heterocycles. The number of para-hydroxylation sites is 2. The Morgan fingerprint density at radius 2 is 1.38 bits per heavy atom. The number of likely N-dealkylation sites (N-methyl/N-ethyl adjacent to an activating group) is 1. The molecule has 2 aliphatic rings. The molecule has 3 aromatic carbocycles. The third-order valence-corrected chi connectivity index (χ3v) is 6.11. The fourth-order valence-electron chi connectivity index (χ4n) is 4.58. The van der Waals surface area contributed by atoms with Crippen LogP contribution in [0.2, 0.25) is 0 Å². The number of hydrogen-bond acceptors (Lipinski definition) is 4. The highest BCUT2D eigenvalue weighted by atomic mass is 15.7. The first-order valence-corrected chi connectivity index (χ1v) is 9.94. The Bertz CT molecular complexity index is 1100. The summed E-state index contributed by atoms with van der Waals surface area (Å²) in [5.41, 5.74) is 4.82. The molecular formula is C25H24N4. The van der Waals surface area contributed by atoms with Gasteiger partial charge in [0.15, 0.2) is 5.66 Å². The van der Waals surface area contributed by atoms with Crippen LogP contribution in [0.1, 0.15) is 25.0 Å². The topological polar surface area (TPSA) is 31.2 Å². The molecule has 0 fully saturated rings. The van der Waals surface area contributed by atoms with Gasteiger partial charge in [-0.1, -0.05) is 72.0 Å². The first kappa shape index (κ1) is 17.7. The van der Waals surface area contributed by atoms with Crippen LogP contribution in [0.15, 0.2) is 101 Å². The number of rotatable bonds is 2. The molecular weight excluding hydrogens is 356 g/mol. The van der Waals surface area contributed by atoms with E-state index in [9.17, 15) is 0 Å². The fraction of sp³-hybridized carbons (Fsp3) is 0.200. The SMILES string of the molecule is CN1c2ccccc2C(c2ccccc2)=C[C@]12N(c1ccccc1)N=NC2(C)C.